The third-order valence-electron chi connectivity index (χ3n) is 3.80. The first kappa shape index (κ1) is 18.2. The Labute approximate surface area is 156 Å². The number of aromatic nitrogens is 3. The van der Waals surface area contributed by atoms with E-state index in [0.717, 1.165) is 0 Å². The van der Waals surface area contributed by atoms with Crippen molar-refractivity contribution in [2.24, 2.45) is 0 Å². The monoisotopic (exact) mass is 374 g/mol. The van der Waals surface area contributed by atoms with Gasteiger partial charge >= 0.3 is 0 Å². The topological polar surface area (TPSA) is 73.4 Å². The summed E-state index contributed by atoms with van der Waals surface area (Å²) < 4.78 is 10.5. The Morgan fingerprint density at radius 1 is 1.31 bits per heavy atom. The molecule has 0 aliphatic rings. The number of nitrogens with zero attached hydrogens (tertiary/aromatic N) is 4. The highest BCUT2D eigenvalue weighted by Crippen LogP contribution is 2.16. The van der Waals surface area contributed by atoms with Crippen molar-refractivity contribution in [2.75, 3.05) is 20.3 Å². The molecule has 2 aromatic heterocycles. The SMILES string of the molecule is COCCN(Cc1ccco1)C(=O)c1nn(-c2cccc(Cl)c2)nc1C. The molecule has 0 atom stereocenters. The fraction of sp³-hybridized carbons (Fsp3) is 0.278. The predicted molar refractivity (Wildman–Crippen MR) is 96.4 cm³/mol. The molecule has 1 amide bonds. The first-order valence-corrected chi connectivity index (χ1v) is 8.46. The number of ether oxygens (including phenoxy) is 1. The lowest BCUT2D eigenvalue weighted by Gasteiger charge is -2.20. The predicted octanol–water partition coefficient (Wildman–Crippen LogP) is 3.11. The highest BCUT2D eigenvalue weighted by atomic mass is 35.5. The maximum Gasteiger partial charge on any atom is 0.276 e. The van der Waals surface area contributed by atoms with Gasteiger partial charge in [-0.1, -0.05) is 17.7 Å². The molecule has 7 nitrogen and oxygen atoms in total. The highest BCUT2D eigenvalue weighted by molar-refractivity contribution is 6.30. The smallest absolute Gasteiger partial charge is 0.276 e. The van der Waals surface area contributed by atoms with Crippen LogP contribution in [0.5, 0.6) is 0 Å². The number of furan rings is 1. The zero-order chi connectivity index (χ0) is 18.5. The Kier molecular flexibility index (Phi) is 5.70. The van der Waals surface area contributed by atoms with Crippen LogP contribution >= 0.6 is 11.6 Å². The molecular formula is C18H19ClN4O3. The molecule has 0 bridgehead atoms. The van der Waals surface area contributed by atoms with Crippen molar-refractivity contribution in [3.05, 3.63) is 64.8 Å². The summed E-state index contributed by atoms with van der Waals surface area (Å²) in [6.07, 6.45) is 1.58. The minimum atomic E-state index is -0.232. The zero-order valence-electron chi connectivity index (χ0n) is 14.6. The van der Waals surface area contributed by atoms with Gasteiger partial charge in [-0.2, -0.15) is 9.90 Å². The fourth-order valence-corrected chi connectivity index (χ4v) is 2.67. The number of rotatable bonds is 7. The van der Waals surface area contributed by atoms with Gasteiger partial charge in [-0.05, 0) is 37.3 Å². The molecule has 0 unspecified atom stereocenters. The fourth-order valence-electron chi connectivity index (χ4n) is 2.49. The van der Waals surface area contributed by atoms with Crippen molar-refractivity contribution in [2.45, 2.75) is 13.5 Å². The van der Waals surface area contributed by atoms with Gasteiger partial charge in [0.2, 0.25) is 0 Å². The van der Waals surface area contributed by atoms with E-state index in [9.17, 15) is 4.79 Å². The van der Waals surface area contributed by atoms with Crippen molar-refractivity contribution < 1.29 is 13.9 Å². The first-order chi connectivity index (χ1) is 12.6. The van der Waals surface area contributed by atoms with E-state index >= 15 is 0 Å². The lowest BCUT2D eigenvalue weighted by atomic mass is 10.3. The van der Waals surface area contributed by atoms with Crippen molar-refractivity contribution >= 4 is 17.5 Å². The standard InChI is InChI=1S/C18H19ClN4O3/c1-13-17(21-23(20-13)15-6-3-5-14(19)11-15)18(24)22(8-10-25-2)12-16-7-4-9-26-16/h3-7,9,11H,8,10,12H2,1-2H3. The second-order valence-electron chi connectivity index (χ2n) is 5.70. The molecule has 8 heteroatoms. The summed E-state index contributed by atoms with van der Waals surface area (Å²) >= 11 is 6.02. The van der Waals surface area contributed by atoms with Gasteiger partial charge < -0.3 is 14.1 Å². The summed E-state index contributed by atoms with van der Waals surface area (Å²) in [6.45, 7) is 2.91. The number of halogens is 1. The quantitative estimate of drug-likeness (QED) is 0.635. The van der Waals surface area contributed by atoms with E-state index in [4.69, 9.17) is 20.8 Å². The summed E-state index contributed by atoms with van der Waals surface area (Å²) in [5.74, 6) is 0.457. The third kappa shape index (κ3) is 4.12. The molecule has 3 aromatic rings. The van der Waals surface area contributed by atoms with E-state index in [1.165, 1.54) is 4.80 Å². The molecule has 3 rings (SSSR count). The van der Waals surface area contributed by atoms with Crippen LogP contribution in [0.2, 0.25) is 5.02 Å². The van der Waals surface area contributed by atoms with E-state index in [2.05, 4.69) is 10.2 Å². The van der Waals surface area contributed by atoms with Gasteiger partial charge in [-0.3, -0.25) is 4.79 Å². The summed E-state index contributed by atoms with van der Waals surface area (Å²) in [7, 11) is 1.59. The van der Waals surface area contributed by atoms with Crippen LogP contribution < -0.4 is 0 Å². The number of carbonyl (C=O) groups excluding carboxylic acids is 1. The van der Waals surface area contributed by atoms with Gasteiger partial charge in [-0.25, -0.2) is 0 Å². The molecule has 26 heavy (non-hydrogen) atoms. The Bertz CT molecular complexity index is 876. The van der Waals surface area contributed by atoms with Crippen molar-refractivity contribution in [3.8, 4) is 5.69 Å². The second-order valence-corrected chi connectivity index (χ2v) is 6.14. The summed E-state index contributed by atoms with van der Waals surface area (Å²) in [5, 5.41) is 9.29. The second kappa shape index (κ2) is 8.16. The summed E-state index contributed by atoms with van der Waals surface area (Å²) in [5.41, 5.74) is 1.51. The van der Waals surface area contributed by atoms with Gasteiger partial charge in [0.1, 0.15) is 5.76 Å². The van der Waals surface area contributed by atoms with Gasteiger partial charge in [0, 0.05) is 18.7 Å². The number of carbonyl (C=O) groups is 1. The van der Waals surface area contributed by atoms with E-state index in [1.54, 1.807) is 49.5 Å². The molecule has 0 N–H and O–H groups in total. The molecule has 0 aliphatic carbocycles. The first-order valence-electron chi connectivity index (χ1n) is 8.09. The molecule has 1 aromatic carbocycles. The highest BCUT2D eigenvalue weighted by Gasteiger charge is 2.23. The molecule has 136 valence electrons. The molecule has 0 spiro atoms. The van der Waals surface area contributed by atoms with Gasteiger partial charge in [-0.15, -0.1) is 5.10 Å². The zero-order valence-corrected chi connectivity index (χ0v) is 15.3. The number of amides is 1. The normalized spacial score (nSPS) is 10.9. The van der Waals surface area contributed by atoms with Gasteiger partial charge in [0.25, 0.3) is 5.91 Å². The van der Waals surface area contributed by atoms with E-state index in [-0.39, 0.29) is 11.6 Å². The van der Waals surface area contributed by atoms with E-state index in [0.29, 0.717) is 41.9 Å². The number of hydrogen-bond acceptors (Lipinski definition) is 5. The average molecular weight is 375 g/mol. The molecule has 0 saturated carbocycles. The van der Waals surface area contributed by atoms with E-state index in [1.807, 2.05) is 12.1 Å². The van der Waals surface area contributed by atoms with Crippen LogP contribution in [0.4, 0.5) is 0 Å². The maximum atomic E-state index is 13.0. The van der Waals surface area contributed by atoms with Crippen molar-refractivity contribution in [3.63, 3.8) is 0 Å². The van der Waals surface area contributed by atoms with Crippen molar-refractivity contribution in [1.82, 2.24) is 19.9 Å². The summed E-state index contributed by atoms with van der Waals surface area (Å²) in [6, 6.07) is 10.7. The molecule has 0 fully saturated rings. The Morgan fingerprint density at radius 3 is 2.85 bits per heavy atom. The van der Waals surface area contributed by atoms with Crippen molar-refractivity contribution in [1.29, 1.82) is 0 Å². The van der Waals surface area contributed by atoms with Crippen LogP contribution in [0.1, 0.15) is 21.9 Å². The number of methoxy groups -OCH3 is 1. The van der Waals surface area contributed by atoms with Gasteiger partial charge in [0.05, 0.1) is 30.8 Å². The molecule has 0 aliphatic heterocycles. The van der Waals surface area contributed by atoms with Crippen LogP contribution in [0.25, 0.3) is 5.69 Å². The lowest BCUT2D eigenvalue weighted by molar-refractivity contribution is 0.0659. The average Bonchev–Trinajstić information content (AvgIpc) is 3.27. The minimum Gasteiger partial charge on any atom is -0.467 e. The molecular weight excluding hydrogens is 356 g/mol. The largest absolute Gasteiger partial charge is 0.467 e. The summed E-state index contributed by atoms with van der Waals surface area (Å²) in [4.78, 5) is 16.0. The Morgan fingerprint density at radius 2 is 2.15 bits per heavy atom. The number of benzene rings is 1. The van der Waals surface area contributed by atoms with Crippen LogP contribution in [-0.2, 0) is 11.3 Å². The number of hydrogen-bond donors (Lipinski definition) is 0. The van der Waals surface area contributed by atoms with Crippen LogP contribution in [-0.4, -0.2) is 46.1 Å². The van der Waals surface area contributed by atoms with Gasteiger partial charge in [0.15, 0.2) is 5.69 Å². The third-order valence-corrected chi connectivity index (χ3v) is 4.04. The van der Waals surface area contributed by atoms with E-state index < -0.39 is 0 Å². The Hall–Kier alpha value is -2.64. The minimum absolute atomic E-state index is 0.232. The molecule has 2 heterocycles. The van der Waals surface area contributed by atoms with Crippen LogP contribution in [0.15, 0.2) is 47.1 Å². The molecule has 0 saturated heterocycles. The van der Waals surface area contributed by atoms with Crippen LogP contribution in [0.3, 0.4) is 0 Å². The van der Waals surface area contributed by atoms with Crippen LogP contribution in [0, 0.1) is 6.92 Å². The maximum absolute atomic E-state index is 13.0. The molecule has 0 radical (unpaired) electrons. The number of aryl methyl sites for hydroxylation is 1. The lowest BCUT2D eigenvalue weighted by Crippen LogP contribution is -2.34. The Balaban J connectivity index is 1.86.